The third-order valence-corrected chi connectivity index (χ3v) is 8.29. The summed E-state index contributed by atoms with van der Waals surface area (Å²) in [5.41, 5.74) is 2.75. The molecule has 31 heavy (non-hydrogen) atoms. The molecule has 0 spiro atoms. The van der Waals surface area contributed by atoms with Crippen molar-refractivity contribution < 1.29 is 18.0 Å². The number of hydrogen-bond acceptors (Lipinski definition) is 6. The molecule has 1 N–H and O–H groups in total. The lowest BCUT2D eigenvalue weighted by atomic mass is 9.96. The lowest BCUT2D eigenvalue weighted by Crippen LogP contribution is -2.46. The number of nitrogens with zero attached hydrogens (tertiary/aromatic N) is 3. The quantitative estimate of drug-likeness (QED) is 0.708. The van der Waals surface area contributed by atoms with Crippen molar-refractivity contribution in [2.24, 2.45) is 5.92 Å². The fourth-order valence-corrected chi connectivity index (χ4v) is 5.34. The van der Waals surface area contributed by atoms with Gasteiger partial charge in [-0.25, -0.2) is 13.4 Å². The molecular weight excluding hydrogens is 436 g/mol. The normalized spacial score (nSPS) is 15.3. The molecule has 1 aliphatic heterocycles. The van der Waals surface area contributed by atoms with Crippen molar-refractivity contribution in [3.8, 4) is 0 Å². The number of benzene rings is 1. The first-order valence-corrected chi connectivity index (χ1v) is 12.4. The highest BCUT2D eigenvalue weighted by Crippen LogP contribution is 2.22. The van der Waals surface area contributed by atoms with Crippen LogP contribution in [-0.4, -0.2) is 61.1 Å². The van der Waals surface area contributed by atoms with Crippen molar-refractivity contribution in [3.05, 3.63) is 40.4 Å². The van der Waals surface area contributed by atoms with Crippen LogP contribution in [0.4, 0.5) is 5.13 Å². The molecule has 0 aliphatic carbocycles. The number of amides is 2. The van der Waals surface area contributed by atoms with Crippen molar-refractivity contribution >= 4 is 38.3 Å². The molecule has 1 aromatic heterocycles. The Kier molecular flexibility index (Phi) is 7.13. The number of rotatable bonds is 6. The minimum Gasteiger partial charge on any atom is -0.342 e. The number of aromatic nitrogens is 1. The summed E-state index contributed by atoms with van der Waals surface area (Å²) in [6, 6.07) is 4.95. The molecule has 0 bridgehead atoms. The summed E-state index contributed by atoms with van der Waals surface area (Å²) in [5, 5.41) is 5.29. The highest BCUT2D eigenvalue weighted by molar-refractivity contribution is 7.89. The summed E-state index contributed by atoms with van der Waals surface area (Å²) in [6.45, 7) is 6.25. The monoisotopic (exact) mass is 464 g/mol. The maximum atomic E-state index is 12.8. The van der Waals surface area contributed by atoms with Gasteiger partial charge in [-0.1, -0.05) is 6.07 Å². The average molecular weight is 465 g/mol. The van der Waals surface area contributed by atoms with Crippen LogP contribution < -0.4 is 5.32 Å². The second-order valence-corrected chi connectivity index (χ2v) is 10.8. The molecule has 3 rings (SSSR count). The number of carbonyl (C=O) groups is 2. The smallest absolute Gasteiger partial charge is 0.243 e. The maximum absolute atomic E-state index is 12.8. The Balaban J connectivity index is 1.54. The van der Waals surface area contributed by atoms with E-state index < -0.39 is 10.0 Å². The van der Waals surface area contributed by atoms with Gasteiger partial charge in [0, 0.05) is 31.4 Å². The molecule has 2 amide bonds. The van der Waals surface area contributed by atoms with Crippen molar-refractivity contribution in [1.82, 2.24) is 14.2 Å². The second kappa shape index (κ2) is 9.46. The van der Waals surface area contributed by atoms with E-state index in [-0.39, 0.29) is 29.2 Å². The largest absolute Gasteiger partial charge is 0.342 e. The van der Waals surface area contributed by atoms with E-state index in [2.05, 4.69) is 10.3 Å². The predicted molar refractivity (Wildman–Crippen MR) is 121 cm³/mol. The molecule has 2 aromatic rings. The van der Waals surface area contributed by atoms with Crippen molar-refractivity contribution in [2.75, 3.05) is 32.0 Å². The van der Waals surface area contributed by atoms with E-state index in [9.17, 15) is 18.0 Å². The maximum Gasteiger partial charge on any atom is 0.243 e. The van der Waals surface area contributed by atoms with Gasteiger partial charge in [-0.2, -0.15) is 4.31 Å². The molecular formula is C21H28N4O4S2. The van der Waals surface area contributed by atoms with Crippen LogP contribution in [0.2, 0.25) is 0 Å². The SMILES string of the molecule is Cc1csc(NC(=O)C2CCN(C(=O)CN(C)S(=O)(=O)c3ccc(C)c(C)c3)CC2)n1. The van der Waals surface area contributed by atoms with E-state index in [4.69, 9.17) is 0 Å². The molecule has 1 fully saturated rings. The van der Waals surface area contributed by atoms with Crippen LogP contribution in [0.15, 0.2) is 28.5 Å². The number of nitrogens with one attached hydrogen (secondary N) is 1. The molecule has 0 unspecified atom stereocenters. The number of carbonyl (C=O) groups excluding carboxylic acids is 2. The van der Waals surface area contributed by atoms with Crippen LogP contribution in [0.1, 0.15) is 29.7 Å². The number of sulfonamides is 1. The Bertz CT molecular complexity index is 1070. The molecule has 1 aromatic carbocycles. The number of likely N-dealkylation sites (N-methyl/N-ethyl adjacent to an activating group) is 1. The van der Waals surface area contributed by atoms with Crippen LogP contribution in [0.25, 0.3) is 0 Å². The van der Waals surface area contributed by atoms with E-state index in [1.54, 1.807) is 23.1 Å². The van der Waals surface area contributed by atoms with Gasteiger partial charge >= 0.3 is 0 Å². The van der Waals surface area contributed by atoms with E-state index >= 15 is 0 Å². The second-order valence-electron chi connectivity index (χ2n) is 7.95. The van der Waals surface area contributed by atoms with Crippen molar-refractivity contribution in [2.45, 2.75) is 38.5 Å². The minimum atomic E-state index is -3.75. The van der Waals surface area contributed by atoms with Crippen LogP contribution in [0, 0.1) is 26.7 Å². The molecule has 0 saturated carbocycles. The third-order valence-electron chi connectivity index (χ3n) is 5.61. The van der Waals surface area contributed by atoms with Gasteiger partial charge in [0.05, 0.1) is 17.1 Å². The lowest BCUT2D eigenvalue weighted by Gasteiger charge is -2.32. The van der Waals surface area contributed by atoms with Crippen LogP contribution in [-0.2, 0) is 19.6 Å². The highest BCUT2D eigenvalue weighted by atomic mass is 32.2. The number of thiazole rings is 1. The van der Waals surface area contributed by atoms with Crippen molar-refractivity contribution in [3.63, 3.8) is 0 Å². The van der Waals surface area contributed by atoms with Crippen LogP contribution in [0.3, 0.4) is 0 Å². The van der Waals surface area contributed by atoms with Gasteiger partial charge in [0.1, 0.15) is 0 Å². The summed E-state index contributed by atoms with van der Waals surface area (Å²) in [6.07, 6.45) is 1.07. The first-order valence-electron chi connectivity index (χ1n) is 10.1. The summed E-state index contributed by atoms with van der Waals surface area (Å²) < 4.78 is 26.7. The zero-order valence-corrected chi connectivity index (χ0v) is 19.8. The summed E-state index contributed by atoms with van der Waals surface area (Å²) in [7, 11) is -2.34. The number of likely N-dealkylation sites (tertiary alicyclic amines) is 1. The fraction of sp³-hybridized carbons (Fsp3) is 0.476. The lowest BCUT2D eigenvalue weighted by molar-refractivity contribution is -0.134. The van der Waals surface area contributed by atoms with E-state index in [1.807, 2.05) is 26.2 Å². The Morgan fingerprint density at radius 3 is 2.45 bits per heavy atom. The molecule has 0 atom stereocenters. The van der Waals surface area contributed by atoms with Gasteiger partial charge in [0.2, 0.25) is 21.8 Å². The van der Waals surface area contributed by atoms with Crippen molar-refractivity contribution in [1.29, 1.82) is 0 Å². The summed E-state index contributed by atoms with van der Waals surface area (Å²) >= 11 is 1.39. The molecule has 1 aliphatic rings. The first-order chi connectivity index (χ1) is 14.6. The van der Waals surface area contributed by atoms with Gasteiger partial charge < -0.3 is 10.2 Å². The Labute approximate surface area is 187 Å². The average Bonchev–Trinajstić information content (AvgIpc) is 3.14. The molecule has 8 nitrogen and oxygen atoms in total. The number of anilines is 1. The Hall–Kier alpha value is -2.30. The number of aryl methyl sites for hydroxylation is 3. The number of hydrogen-bond donors (Lipinski definition) is 1. The van der Waals surface area contributed by atoms with Gasteiger partial charge in [-0.3, -0.25) is 9.59 Å². The van der Waals surface area contributed by atoms with Gasteiger partial charge in [0.15, 0.2) is 5.13 Å². The third kappa shape index (κ3) is 5.50. The minimum absolute atomic E-state index is 0.0871. The fourth-order valence-electron chi connectivity index (χ4n) is 3.44. The molecule has 0 radical (unpaired) electrons. The predicted octanol–water partition coefficient (Wildman–Crippen LogP) is 2.57. The van der Waals surface area contributed by atoms with Crippen LogP contribution >= 0.6 is 11.3 Å². The van der Waals surface area contributed by atoms with E-state index in [1.165, 1.54) is 18.4 Å². The topological polar surface area (TPSA) is 99.7 Å². The Morgan fingerprint density at radius 2 is 1.87 bits per heavy atom. The van der Waals surface area contributed by atoms with E-state index in [0.717, 1.165) is 21.1 Å². The first kappa shape index (κ1) is 23.4. The molecule has 2 heterocycles. The standard InChI is InChI=1S/C21H28N4O4S2/c1-14-5-6-18(11-15(14)2)31(28,29)24(4)12-19(26)25-9-7-17(8-10-25)20(27)23-21-22-16(3)13-30-21/h5-6,11,13,17H,7-10,12H2,1-4H3,(H,22,23,27). The Morgan fingerprint density at radius 1 is 1.19 bits per heavy atom. The summed E-state index contributed by atoms with van der Waals surface area (Å²) in [5.74, 6) is -0.537. The van der Waals surface area contributed by atoms with Gasteiger partial charge in [-0.15, -0.1) is 11.3 Å². The zero-order chi connectivity index (χ0) is 22.8. The zero-order valence-electron chi connectivity index (χ0n) is 18.2. The number of piperidine rings is 1. The summed E-state index contributed by atoms with van der Waals surface area (Å²) in [4.78, 5) is 31.2. The van der Waals surface area contributed by atoms with Gasteiger partial charge in [-0.05, 0) is 56.9 Å². The van der Waals surface area contributed by atoms with E-state index in [0.29, 0.717) is 31.1 Å². The molecule has 10 heteroatoms. The molecule has 1 saturated heterocycles. The highest BCUT2D eigenvalue weighted by Gasteiger charge is 2.30. The van der Waals surface area contributed by atoms with Gasteiger partial charge in [0.25, 0.3) is 0 Å². The molecule has 168 valence electrons. The van der Waals surface area contributed by atoms with Crippen LogP contribution in [0.5, 0.6) is 0 Å².